The maximum Gasteiger partial charge on any atom is 0.341 e. The predicted molar refractivity (Wildman–Crippen MR) is 118 cm³/mol. The summed E-state index contributed by atoms with van der Waals surface area (Å²) < 4.78 is 15.9. The van der Waals surface area contributed by atoms with Gasteiger partial charge < -0.3 is 24.4 Å². The van der Waals surface area contributed by atoms with Crippen molar-refractivity contribution in [2.45, 2.75) is 19.9 Å². The number of hydrogen-bond donors (Lipinski definition) is 1. The van der Waals surface area contributed by atoms with E-state index in [0.29, 0.717) is 28.7 Å². The van der Waals surface area contributed by atoms with E-state index in [1.165, 1.54) is 17.4 Å². The van der Waals surface area contributed by atoms with Crippen molar-refractivity contribution in [2.75, 3.05) is 32.3 Å². The minimum atomic E-state index is -0.385. The van der Waals surface area contributed by atoms with Gasteiger partial charge in [-0.2, -0.15) is 0 Å². The number of carbonyl (C=O) groups is 2. The highest BCUT2D eigenvalue weighted by Gasteiger charge is 2.28. The number of anilines is 1. The van der Waals surface area contributed by atoms with Crippen LogP contribution < -0.4 is 14.8 Å². The van der Waals surface area contributed by atoms with E-state index in [4.69, 9.17) is 14.2 Å². The fourth-order valence-corrected chi connectivity index (χ4v) is 4.70. The Bertz CT molecular complexity index is 988. The normalized spacial score (nSPS) is 14.9. The molecule has 0 atom stereocenters. The van der Waals surface area contributed by atoms with Crippen molar-refractivity contribution in [3.8, 4) is 11.5 Å². The third-order valence-electron chi connectivity index (χ3n) is 4.79. The molecule has 0 radical (unpaired) electrons. The van der Waals surface area contributed by atoms with Crippen molar-refractivity contribution in [1.82, 2.24) is 4.90 Å². The van der Waals surface area contributed by atoms with E-state index >= 15 is 0 Å². The van der Waals surface area contributed by atoms with Crippen molar-refractivity contribution in [2.24, 2.45) is 0 Å². The number of ether oxygens (including phenoxy) is 3. The molecule has 9 heteroatoms. The second kappa shape index (κ2) is 9.51. The lowest BCUT2D eigenvalue weighted by atomic mass is 10.0. The van der Waals surface area contributed by atoms with Gasteiger partial charge in [-0.1, -0.05) is 6.07 Å². The van der Waals surface area contributed by atoms with Crippen molar-refractivity contribution in [3.05, 3.63) is 45.8 Å². The Morgan fingerprint density at radius 3 is 2.90 bits per heavy atom. The number of hydrogen-bond acceptors (Lipinski definition) is 7. The lowest BCUT2D eigenvalue weighted by molar-refractivity contribution is -0.111. The van der Waals surface area contributed by atoms with Gasteiger partial charge >= 0.3 is 5.97 Å². The molecular weight excluding hydrogens is 428 g/mol. The molecule has 0 fully saturated rings. The standard InChI is InChI=1S/C21H22N2O5S.ClH/c1-3-26-21(25)19-14-8-9-23(2)11-17(14)29-20(19)22-18(24)7-5-13-4-6-15-16(10-13)28-12-27-15;/h4-7,10H,3,8-9,11-12H2,1-2H3,(H,22,24);1H/b7-5+;. The zero-order chi connectivity index (χ0) is 20.4. The Morgan fingerprint density at radius 2 is 2.10 bits per heavy atom. The molecule has 0 spiro atoms. The van der Waals surface area contributed by atoms with Gasteiger partial charge in [0.15, 0.2) is 11.5 Å². The molecule has 0 bridgehead atoms. The highest BCUT2D eigenvalue weighted by atomic mass is 35.5. The minimum Gasteiger partial charge on any atom is -0.462 e. The molecule has 1 amide bonds. The van der Waals surface area contributed by atoms with Crippen LogP contribution >= 0.6 is 23.7 Å². The van der Waals surface area contributed by atoms with Gasteiger partial charge in [-0.05, 0) is 49.7 Å². The van der Waals surface area contributed by atoms with Gasteiger partial charge in [-0.25, -0.2) is 4.79 Å². The molecule has 0 saturated heterocycles. The molecule has 1 N–H and O–H groups in total. The van der Waals surface area contributed by atoms with Crippen LogP contribution in [-0.4, -0.2) is 43.8 Å². The summed E-state index contributed by atoms with van der Waals surface area (Å²) in [7, 11) is 2.04. The highest BCUT2D eigenvalue weighted by Crippen LogP contribution is 2.37. The summed E-state index contributed by atoms with van der Waals surface area (Å²) >= 11 is 1.44. The molecule has 3 heterocycles. The van der Waals surface area contributed by atoms with E-state index in [-0.39, 0.29) is 31.1 Å². The molecule has 4 rings (SSSR count). The van der Waals surface area contributed by atoms with Gasteiger partial charge in [0.05, 0.1) is 12.2 Å². The fraction of sp³-hybridized carbons (Fsp3) is 0.333. The van der Waals surface area contributed by atoms with Crippen molar-refractivity contribution >= 4 is 46.7 Å². The highest BCUT2D eigenvalue weighted by molar-refractivity contribution is 7.17. The van der Waals surface area contributed by atoms with E-state index in [9.17, 15) is 9.59 Å². The predicted octanol–water partition coefficient (Wildman–Crippen LogP) is 3.72. The summed E-state index contributed by atoms with van der Waals surface area (Å²) in [6.45, 7) is 3.90. The number of benzene rings is 1. The van der Waals surface area contributed by atoms with Crippen LogP contribution in [0.1, 0.15) is 33.3 Å². The van der Waals surface area contributed by atoms with Crippen molar-refractivity contribution < 1.29 is 23.8 Å². The molecule has 160 valence electrons. The number of thiophene rings is 1. The molecule has 2 aliphatic heterocycles. The number of nitrogens with zero attached hydrogens (tertiary/aromatic N) is 1. The Kier molecular flexibility index (Phi) is 7.02. The monoisotopic (exact) mass is 450 g/mol. The van der Waals surface area contributed by atoms with Gasteiger partial charge in [0.1, 0.15) is 5.00 Å². The molecule has 30 heavy (non-hydrogen) atoms. The quantitative estimate of drug-likeness (QED) is 0.552. The number of esters is 1. The first-order chi connectivity index (χ1) is 14.0. The number of carbonyl (C=O) groups excluding carboxylic acids is 2. The zero-order valence-corrected chi connectivity index (χ0v) is 18.4. The van der Waals surface area contributed by atoms with Gasteiger partial charge in [0.2, 0.25) is 12.7 Å². The summed E-state index contributed by atoms with van der Waals surface area (Å²) in [5.41, 5.74) is 2.30. The minimum absolute atomic E-state index is 0. The lowest BCUT2D eigenvalue weighted by Crippen LogP contribution is -2.26. The van der Waals surface area contributed by atoms with E-state index in [1.807, 2.05) is 25.2 Å². The number of likely N-dealkylation sites (N-methyl/N-ethyl adjacent to an activating group) is 1. The van der Waals surface area contributed by atoms with E-state index < -0.39 is 0 Å². The second-order valence-corrected chi connectivity index (χ2v) is 7.96. The largest absolute Gasteiger partial charge is 0.462 e. The van der Waals surface area contributed by atoms with Crippen molar-refractivity contribution in [3.63, 3.8) is 0 Å². The smallest absolute Gasteiger partial charge is 0.341 e. The van der Waals surface area contributed by atoms with Crippen molar-refractivity contribution in [1.29, 1.82) is 0 Å². The Balaban J connectivity index is 0.00000256. The summed E-state index contributed by atoms with van der Waals surface area (Å²) in [5.74, 6) is 0.664. The van der Waals surface area contributed by atoms with E-state index in [1.54, 1.807) is 13.0 Å². The third-order valence-corrected chi connectivity index (χ3v) is 5.92. The molecule has 1 aromatic heterocycles. The van der Waals surface area contributed by atoms with Crippen LogP contribution in [0.15, 0.2) is 24.3 Å². The fourth-order valence-electron chi connectivity index (χ4n) is 3.38. The molecule has 2 aromatic rings. The van der Waals surface area contributed by atoms with E-state index in [0.717, 1.165) is 35.5 Å². The molecule has 2 aliphatic rings. The van der Waals surface area contributed by atoms with Crippen LogP contribution in [0.2, 0.25) is 0 Å². The van der Waals surface area contributed by atoms with Gasteiger partial charge in [0, 0.05) is 24.0 Å². The number of rotatable bonds is 5. The summed E-state index contributed by atoms with van der Waals surface area (Å²) in [5, 5.41) is 3.41. The average molecular weight is 451 g/mol. The number of nitrogens with one attached hydrogen (secondary N) is 1. The molecular formula is C21H23ClN2O5S. The topological polar surface area (TPSA) is 77.1 Å². The molecule has 0 saturated carbocycles. The average Bonchev–Trinajstić information content (AvgIpc) is 3.29. The molecule has 0 aliphatic carbocycles. The number of halogens is 1. The molecule has 0 unspecified atom stereocenters. The second-order valence-electron chi connectivity index (χ2n) is 6.85. The van der Waals surface area contributed by atoms with Crippen LogP contribution in [0.4, 0.5) is 5.00 Å². The van der Waals surface area contributed by atoms with Crippen LogP contribution in [0.3, 0.4) is 0 Å². The maximum absolute atomic E-state index is 12.5. The first kappa shape index (κ1) is 22.1. The Labute approximate surface area is 185 Å². The van der Waals surface area contributed by atoms with Gasteiger partial charge in [-0.3, -0.25) is 4.79 Å². The van der Waals surface area contributed by atoms with Gasteiger partial charge in [0.25, 0.3) is 0 Å². The Hall–Kier alpha value is -2.55. The maximum atomic E-state index is 12.5. The number of amides is 1. The van der Waals surface area contributed by atoms with Crippen LogP contribution in [0.5, 0.6) is 11.5 Å². The molecule has 1 aromatic carbocycles. The first-order valence-corrected chi connectivity index (χ1v) is 10.3. The van der Waals surface area contributed by atoms with Crippen LogP contribution in [-0.2, 0) is 22.5 Å². The van der Waals surface area contributed by atoms with Crippen LogP contribution in [0, 0.1) is 0 Å². The van der Waals surface area contributed by atoms with Crippen LogP contribution in [0.25, 0.3) is 6.08 Å². The summed E-state index contributed by atoms with van der Waals surface area (Å²) in [6.07, 6.45) is 3.90. The first-order valence-electron chi connectivity index (χ1n) is 9.44. The lowest BCUT2D eigenvalue weighted by Gasteiger charge is -2.22. The molecule has 7 nitrogen and oxygen atoms in total. The summed E-state index contributed by atoms with van der Waals surface area (Å²) in [6, 6.07) is 5.47. The third kappa shape index (κ3) is 4.61. The van der Waals surface area contributed by atoms with E-state index in [2.05, 4.69) is 10.2 Å². The SMILES string of the molecule is CCOC(=O)c1c(NC(=O)/C=C/c2ccc3c(c2)OCO3)sc2c1CCN(C)C2.Cl. The van der Waals surface area contributed by atoms with Gasteiger partial charge in [-0.15, -0.1) is 23.7 Å². The zero-order valence-electron chi connectivity index (χ0n) is 16.7. The number of fused-ring (bicyclic) bond motifs is 2. The Morgan fingerprint density at radius 1 is 1.30 bits per heavy atom. The summed E-state index contributed by atoms with van der Waals surface area (Å²) in [4.78, 5) is 28.3.